The maximum atomic E-state index is 10.1. The minimum Gasteiger partial charge on any atom is -0.386 e. The number of hydrogen-bond acceptors (Lipinski definition) is 3. The Bertz CT molecular complexity index is 338. The van der Waals surface area contributed by atoms with E-state index in [1.165, 1.54) is 0 Å². The van der Waals surface area contributed by atoms with Crippen LogP contribution < -0.4 is 0 Å². The molecule has 3 atom stereocenters. The van der Waals surface area contributed by atoms with Gasteiger partial charge in [-0.15, -0.1) is 0 Å². The highest BCUT2D eigenvalue weighted by Crippen LogP contribution is 2.29. The van der Waals surface area contributed by atoms with E-state index in [1.807, 2.05) is 17.8 Å². The molecular weight excluding hydrogens is 204 g/mol. The predicted octanol–water partition coefficient (Wildman–Crippen LogP) is 1.89. The molecule has 2 rings (SSSR count). The van der Waals surface area contributed by atoms with Crippen LogP contribution in [0.15, 0.2) is 12.4 Å². The standard InChI is InChI=1S/C12H20N2O2/c1-3-6-14-8-10(7-13-14)12(15)11-5-4-9(2)16-11/h7-9,11-12,15H,3-6H2,1-2H3. The predicted molar refractivity (Wildman–Crippen MR) is 61.0 cm³/mol. The minimum absolute atomic E-state index is 0.0609. The van der Waals surface area contributed by atoms with E-state index >= 15 is 0 Å². The summed E-state index contributed by atoms with van der Waals surface area (Å²) in [7, 11) is 0. The van der Waals surface area contributed by atoms with Crippen molar-refractivity contribution in [2.45, 2.75) is 58.0 Å². The highest BCUT2D eigenvalue weighted by molar-refractivity contribution is 5.10. The van der Waals surface area contributed by atoms with Crippen LogP contribution >= 0.6 is 0 Å². The first-order chi connectivity index (χ1) is 7.70. The topological polar surface area (TPSA) is 47.3 Å². The van der Waals surface area contributed by atoms with Gasteiger partial charge in [0.25, 0.3) is 0 Å². The third-order valence-electron chi connectivity index (χ3n) is 3.06. The molecule has 0 aromatic carbocycles. The van der Waals surface area contributed by atoms with Crippen LogP contribution in [0.3, 0.4) is 0 Å². The molecule has 16 heavy (non-hydrogen) atoms. The van der Waals surface area contributed by atoms with Gasteiger partial charge in [-0.3, -0.25) is 4.68 Å². The third-order valence-corrected chi connectivity index (χ3v) is 3.06. The van der Waals surface area contributed by atoms with E-state index in [1.54, 1.807) is 6.20 Å². The van der Waals surface area contributed by atoms with Crippen LogP contribution in [-0.4, -0.2) is 27.1 Å². The van der Waals surface area contributed by atoms with Crippen LogP contribution in [0.5, 0.6) is 0 Å². The van der Waals surface area contributed by atoms with Crippen LogP contribution in [0, 0.1) is 0 Å². The number of aromatic nitrogens is 2. The molecule has 4 heteroatoms. The van der Waals surface area contributed by atoms with Crippen LogP contribution in [0.1, 0.15) is 44.8 Å². The summed E-state index contributed by atoms with van der Waals surface area (Å²) in [4.78, 5) is 0. The fourth-order valence-corrected chi connectivity index (χ4v) is 2.16. The summed E-state index contributed by atoms with van der Waals surface area (Å²) in [6, 6.07) is 0. The van der Waals surface area contributed by atoms with Crippen molar-refractivity contribution < 1.29 is 9.84 Å². The fraction of sp³-hybridized carbons (Fsp3) is 0.750. The zero-order valence-corrected chi connectivity index (χ0v) is 9.97. The van der Waals surface area contributed by atoms with E-state index in [0.29, 0.717) is 0 Å². The molecule has 3 unspecified atom stereocenters. The second kappa shape index (κ2) is 4.97. The third kappa shape index (κ3) is 2.44. The Morgan fingerprint density at radius 1 is 1.62 bits per heavy atom. The second-order valence-electron chi connectivity index (χ2n) is 4.54. The lowest BCUT2D eigenvalue weighted by atomic mass is 10.1. The quantitative estimate of drug-likeness (QED) is 0.849. The zero-order chi connectivity index (χ0) is 11.5. The molecule has 90 valence electrons. The maximum Gasteiger partial charge on any atom is 0.108 e. The Kier molecular flexibility index (Phi) is 3.61. The van der Waals surface area contributed by atoms with Crippen molar-refractivity contribution in [3.05, 3.63) is 18.0 Å². The van der Waals surface area contributed by atoms with Crippen molar-refractivity contribution in [3.8, 4) is 0 Å². The molecule has 1 aliphatic heterocycles. The molecule has 0 amide bonds. The molecular formula is C12H20N2O2. The van der Waals surface area contributed by atoms with Crippen molar-refractivity contribution in [2.24, 2.45) is 0 Å². The van der Waals surface area contributed by atoms with Gasteiger partial charge in [0.05, 0.1) is 18.4 Å². The highest BCUT2D eigenvalue weighted by Gasteiger charge is 2.29. The van der Waals surface area contributed by atoms with Crippen LogP contribution in [0.4, 0.5) is 0 Å². The van der Waals surface area contributed by atoms with Gasteiger partial charge in [0.1, 0.15) is 6.10 Å². The number of hydrogen-bond donors (Lipinski definition) is 1. The summed E-state index contributed by atoms with van der Waals surface area (Å²) in [5.41, 5.74) is 0.868. The Labute approximate surface area is 96.2 Å². The maximum absolute atomic E-state index is 10.1. The molecule has 1 aromatic heterocycles. The van der Waals surface area contributed by atoms with Crippen LogP contribution in [-0.2, 0) is 11.3 Å². The smallest absolute Gasteiger partial charge is 0.108 e. The van der Waals surface area contributed by atoms with Crippen molar-refractivity contribution in [3.63, 3.8) is 0 Å². The lowest BCUT2D eigenvalue weighted by molar-refractivity contribution is -0.0297. The summed E-state index contributed by atoms with van der Waals surface area (Å²) < 4.78 is 7.53. The van der Waals surface area contributed by atoms with Crippen molar-refractivity contribution >= 4 is 0 Å². The number of aryl methyl sites for hydroxylation is 1. The Balaban J connectivity index is 1.99. The van der Waals surface area contributed by atoms with Gasteiger partial charge in [-0.1, -0.05) is 6.92 Å². The van der Waals surface area contributed by atoms with Crippen LogP contribution in [0.25, 0.3) is 0 Å². The highest BCUT2D eigenvalue weighted by atomic mass is 16.5. The molecule has 0 aliphatic carbocycles. The first-order valence-electron chi connectivity index (χ1n) is 6.06. The molecule has 0 radical (unpaired) electrons. The molecule has 1 N–H and O–H groups in total. The van der Waals surface area contributed by atoms with E-state index in [9.17, 15) is 5.11 Å². The molecule has 1 fully saturated rings. The molecule has 0 saturated carbocycles. The van der Waals surface area contributed by atoms with Gasteiger partial charge in [0.2, 0.25) is 0 Å². The summed E-state index contributed by atoms with van der Waals surface area (Å²) in [5, 5.41) is 14.4. The molecule has 1 aromatic rings. The monoisotopic (exact) mass is 224 g/mol. The van der Waals surface area contributed by atoms with Crippen molar-refractivity contribution in [2.75, 3.05) is 0 Å². The van der Waals surface area contributed by atoms with E-state index in [-0.39, 0.29) is 12.2 Å². The number of aliphatic hydroxyl groups excluding tert-OH is 1. The van der Waals surface area contributed by atoms with Crippen molar-refractivity contribution in [1.82, 2.24) is 9.78 Å². The van der Waals surface area contributed by atoms with Gasteiger partial charge < -0.3 is 9.84 Å². The lowest BCUT2D eigenvalue weighted by Crippen LogP contribution is -2.18. The molecule has 2 heterocycles. The first-order valence-corrected chi connectivity index (χ1v) is 6.06. The first kappa shape index (κ1) is 11.6. The second-order valence-corrected chi connectivity index (χ2v) is 4.54. The largest absolute Gasteiger partial charge is 0.386 e. The van der Waals surface area contributed by atoms with E-state index in [0.717, 1.165) is 31.4 Å². The normalized spacial score (nSPS) is 27.2. The van der Waals surface area contributed by atoms with E-state index in [4.69, 9.17) is 4.74 Å². The SMILES string of the molecule is CCCn1cc(C(O)C2CCC(C)O2)cn1. The summed E-state index contributed by atoms with van der Waals surface area (Å²) in [5.74, 6) is 0. The summed E-state index contributed by atoms with van der Waals surface area (Å²) in [6.07, 6.45) is 6.35. The molecule has 1 aliphatic rings. The number of rotatable bonds is 4. The van der Waals surface area contributed by atoms with Gasteiger partial charge in [-0.05, 0) is 26.2 Å². The van der Waals surface area contributed by atoms with Gasteiger partial charge in [0.15, 0.2) is 0 Å². The van der Waals surface area contributed by atoms with E-state index in [2.05, 4.69) is 12.0 Å². The van der Waals surface area contributed by atoms with Crippen LogP contribution in [0.2, 0.25) is 0 Å². The average Bonchev–Trinajstić information content (AvgIpc) is 2.87. The molecule has 0 bridgehead atoms. The van der Waals surface area contributed by atoms with Gasteiger partial charge in [-0.2, -0.15) is 5.10 Å². The van der Waals surface area contributed by atoms with Gasteiger partial charge in [0, 0.05) is 18.3 Å². The number of aliphatic hydroxyl groups is 1. The van der Waals surface area contributed by atoms with E-state index < -0.39 is 6.10 Å². The molecule has 4 nitrogen and oxygen atoms in total. The summed E-state index contributed by atoms with van der Waals surface area (Å²) in [6.45, 7) is 5.06. The lowest BCUT2D eigenvalue weighted by Gasteiger charge is -2.16. The number of nitrogens with zero attached hydrogens (tertiary/aromatic N) is 2. The average molecular weight is 224 g/mol. The zero-order valence-electron chi connectivity index (χ0n) is 9.97. The fourth-order valence-electron chi connectivity index (χ4n) is 2.16. The van der Waals surface area contributed by atoms with Gasteiger partial charge >= 0.3 is 0 Å². The Morgan fingerprint density at radius 3 is 3.06 bits per heavy atom. The van der Waals surface area contributed by atoms with Crippen molar-refractivity contribution in [1.29, 1.82) is 0 Å². The summed E-state index contributed by atoms with van der Waals surface area (Å²) >= 11 is 0. The Hall–Kier alpha value is -0.870. The Morgan fingerprint density at radius 2 is 2.44 bits per heavy atom. The molecule has 0 spiro atoms. The minimum atomic E-state index is -0.532. The van der Waals surface area contributed by atoms with Gasteiger partial charge in [-0.25, -0.2) is 0 Å². The molecule has 1 saturated heterocycles. The number of ether oxygens (including phenoxy) is 1.